The molecule has 1 saturated heterocycles. The lowest BCUT2D eigenvalue weighted by Gasteiger charge is -2.34. The van der Waals surface area contributed by atoms with Crippen LogP contribution in [0.3, 0.4) is 0 Å². The van der Waals surface area contributed by atoms with E-state index in [2.05, 4.69) is 43.1 Å². The normalized spacial score (nSPS) is 15.4. The summed E-state index contributed by atoms with van der Waals surface area (Å²) >= 11 is 0. The van der Waals surface area contributed by atoms with E-state index in [4.69, 9.17) is 9.47 Å². The Morgan fingerprint density at radius 2 is 1.17 bits per heavy atom. The first-order valence-electron chi connectivity index (χ1n) is 15.6. The van der Waals surface area contributed by atoms with Gasteiger partial charge in [-0.2, -0.15) is 0 Å². The summed E-state index contributed by atoms with van der Waals surface area (Å²) in [5.41, 5.74) is 0. The van der Waals surface area contributed by atoms with Gasteiger partial charge in [-0.05, 0) is 64.5 Å². The Bertz CT molecular complexity index is 472. The van der Waals surface area contributed by atoms with Gasteiger partial charge in [0, 0.05) is 19.8 Å². The molecule has 0 amide bonds. The number of allylic oxidation sites excluding steroid dienone is 4. The fourth-order valence-corrected chi connectivity index (χ4v) is 4.55. The zero-order valence-corrected chi connectivity index (χ0v) is 23.8. The second-order valence-electron chi connectivity index (χ2n) is 10.6. The third-order valence-electron chi connectivity index (χ3n) is 7.06. The van der Waals surface area contributed by atoms with E-state index in [0.717, 1.165) is 32.8 Å². The van der Waals surface area contributed by atoms with Crippen LogP contribution in [-0.2, 0) is 9.47 Å². The van der Waals surface area contributed by atoms with E-state index in [1.165, 1.54) is 129 Å². The highest BCUT2D eigenvalue weighted by molar-refractivity contribution is 4.92. The molecule has 0 N–H and O–H groups in total. The third-order valence-corrected chi connectivity index (χ3v) is 7.06. The summed E-state index contributed by atoms with van der Waals surface area (Å²) in [5.74, 6) is 0. The SMILES string of the molecule is CCCCC/C=C\C/C=C\CCCCCCCCOC(COCCCCCCCC)CN1CCC1. The molecule has 3 nitrogen and oxygen atoms in total. The van der Waals surface area contributed by atoms with Gasteiger partial charge in [-0.3, -0.25) is 0 Å². The largest absolute Gasteiger partial charge is 0.379 e. The van der Waals surface area contributed by atoms with Gasteiger partial charge in [0.15, 0.2) is 0 Å². The van der Waals surface area contributed by atoms with Gasteiger partial charge in [-0.1, -0.05) is 109 Å². The molecular formula is C32H61NO2. The van der Waals surface area contributed by atoms with Crippen LogP contribution in [0.2, 0.25) is 0 Å². The van der Waals surface area contributed by atoms with Gasteiger partial charge < -0.3 is 14.4 Å². The molecule has 1 rings (SSSR count). The average molecular weight is 492 g/mol. The molecule has 1 unspecified atom stereocenters. The minimum atomic E-state index is 0.258. The summed E-state index contributed by atoms with van der Waals surface area (Å²) in [4.78, 5) is 2.51. The molecule has 0 bridgehead atoms. The maximum absolute atomic E-state index is 6.25. The van der Waals surface area contributed by atoms with Gasteiger partial charge >= 0.3 is 0 Å². The fourth-order valence-electron chi connectivity index (χ4n) is 4.55. The van der Waals surface area contributed by atoms with E-state index in [1.807, 2.05) is 0 Å². The molecule has 0 aliphatic carbocycles. The lowest BCUT2D eigenvalue weighted by atomic mass is 10.1. The highest BCUT2D eigenvalue weighted by Gasteiger charge is 2.19. The molecule has 206 valence electrons. The number of ether oxygens (including phenoxy) is 2. The summed E-state index contributed by atoms with van der Waals surface area (Å²) in [6, 6.07) is 0. The van der Waals surface area contributed by atoms with E-state index < -0.39 is 0 Å². The molecule has 0 aromatic heterocycles. The quantitative estimate of drug-likeness (QED) is 0.0844. The maximum atomic E-state index is 6.25. The van der Waals surface area contributed by atoms with Gasteiger partial charge in [0.2, 0.25) is 0 Å². The van der Waals surface area contributed by atoms with Gasteiger partial charge in [0.1, 0.15) is 0 Å². The van der Waals surface area contributed by atoms with Crippen molar-refractivity contribution in [1.29, 1.82) is 0 Å². The summed E-state index contributed by atoms with van der Waals surface area (Å²) in [6.45, 7) is 10.6. The molecule has 1 aliphatic heterocycles. The zero-order valence-electron chi connectivity index (χ0n) is 23.8. The molecule has 3 heteroatoms. The van der Waals surface area contributed by atoms with Crippen molar-refractivity contribution >= 4 is 0 Å². The van der Waals surface area contributed by atoms with Crippen molar-refractivity contribution in [2.75, 3.05) is 39.5 Å². The van der Waals surface area contributed by atoms with Crippen LogP contribution in [0.4, 0.5) is 0 Å². The first-order chi connectivity index (χ1) is 17.4. The van der Waals surface area contributed by atoms with Gasteiger partial charge in [-0.15, -0.1) is 0 Å². The number of unbranched alkanes of at least 4 members (excludes halogenated alkanes) is 14. The lowest BCUT2D eigenvalue weighted by Crippen LogP contribution is -2.44. The maximum Gasteiger partial charge on any atom is 0.0934 e. The number of rotatable bonds is 27. The molecule has 1 fully saturated rings. The van der Waals surface area contributed by atoms with Crippen molar-refractivity contribution in [3.05, 3.63) is 24.3 Å². The summed E-state index contributed by atoms with van der Waals surface area (Å²) < 4.78 is 12.2. The van der Waals surface area contributed by atoms with Crippen LogP contribution in [0.15, 0.2) is 24.3 Å². The summed E-state index contributed by atoms with van der Waals surface area (Å²) in [7, 11) is 0. The van der Waals surface area contributed by atoms with Crippen molar-refractivity contribution in [2.24, 2.45) is 0 Å². The van der Waals surface area contributed by atoms with Crippen LogP contribution < -0.4 is 0 Å². The molecular weight excluding hydrogens is 430 g/mol. The van der Waals surface area contributed by atoms with Crippen molar-refractivity contribution in [1.82, 2.24) is 4.90 Å². The van der Waals surface area contributed by atoms with Crippen LogP contribution >= 0.6 is 0 Å². The van der Waals surface area contributed by atoms with E-state index in [-0.39, 0.29) is 6.10 Å². The van der Waals surface area contributed by atoms with Crippen LogP contribution in [-0.4, -0.2) is 50.5 Å². The first-order valence-corrected chi connectivity index (χ1v) is 15.6. The van der Waals surface area contributed by atoms with Gasteiger partial charge in [0.25, 0.3) is 0 Å². The van der Waals surface area contributed by atoms with Crippen LogP contribution in [0, 0.1) is 0 Å². The first kappa shape index (κ1) is 32.4. The van der Waals surface area contributed by atoms with Crippen molar-refractivity contribution in [3.8, 4) is 0 Å². The van der Waals surface area contributed by atoms with Gasteiger partial charge in [-0.25, -0.2) is 0 Å². The Hall–Kier alpha value is -0.640. The number of likely N-dealkylation sites (tertiary alicyclic amines) is 1. The van der Waals surface area contributed by atoms with Gasteiger partial charge in [0.05, 0.1) is 12.7 Å². The van der Waals surface area contributed by atoms with E-state index in [0.29, 0.717) is 0 Å². The molecule has 1 atom stereocenters. The molecule has 1 heterocycles. The second kappa shape index (κ2) is 26.4. The number of hydrogen-bond donors (Lipinski definition) is 0. The average Bonchev–Trinajstić information content (AvgIpc) is 2.84. The van der Waals surface area contributed by atoms with Crippen molar-refractivity contribution in [2.45, 2.75) is 142 Å². The topological polar surface area (TPSA) is 21.7 Å². The molecule has 1 aliphatic rings. The zero-order chi connectivity index (χ0) is 25.1. The van der Waals surface area contributed by atoms with Crippen LogP contribution in [0.25, 0.3) is 0 Å². The second-order valence-corrected chi connectivity index (χ2v) is 10.6. The third kappa shape index (κ3) is 22.3. The lowest BCUT2D eigenvalue weighted by molar-refractivity contribution is -0.0421. The van der Waals surface area contributed by atoms with Crippen molar-refractivity contribution < 1.29 is 9.47 Å². The minimum Gasteiger partial charge on any atom is -0.379 e. The molecule has 0 spiro atoms. The Balaban J connectivity index is 1.93. The highest BCUT2D eigenvalue weighted by Crippen LogP contribution is 2.12. The van der Waals surface area contributed by atoms with Crippen LogP contribution in [0.5, 0.6) is 0 Å². The summed E-state index contributed by atoms with van der Waals surface area (Å²) in [6.07, 6.45) is 34.4. The van der Waals surface area contributed by atoms with Crippen molar-refractivity contribution in [3.63, 3.8) is 0 Å². The Labute approximate surface area is 220 Å². The van der Waals surface area contributed by atoms with Crippen LogP contribution in [0.1, 0.15) is 136 Å². The monoisotopic (exact) mass is 491 g/mol. The standard InChI is InChI=1S/C32H61NO2/c1-3-5-7-9-11-12-13-14-15-16-17-18-19-20-22-24-29-35-32(30-33-26-25-27-33)31-34-28-23-21-10-8-6-4-2/h11-12,14-15,32H,3-10,13,16-31H2,1-2H3/b12-11-,15-14-. The number of nitrogens with zero attached hydrogens (tertiary/aromatic N) is 1. The number of hydrogen-bond acceptors (Lipinski definition) is 3. The predicted molar refractivity (Wildman–Crippen MR) is 154 cm³/mol. The Kier molecular flexibility index (Phi) is 24.5. The van der Waals surface area contributed by atoms with E-state index >= 15 is 0 Å². The Morgan fingerprint density at radius 1 is 0.629 bits per heavy atom. The summed E-state index contributed by atoms with van der Waals surface area (Å²) in [5, 5.41) is 0. The molecule has 0 radical (unpaired) electrons. The molecule has 0 aromatic carbocycles. The molecule has 35 heavy (non-hydrogen) atoms. The minimum absolute atomic E-state index is 0.258. The van der Waals surface area contributed by atoms with E-state index in [1.54, 1.807) is 0 Å². The smallest absolute Gasteiger partial charge is 0.0934 e. The molecule has 0 saturated carbocycles. The van der Waals surface area contributed by atoms with E-state index in [9.17, 15) is 0 Å². The highest BCUT2D eigenvalue weighted by atomic mass is 16.5. The Morgan fingerprint density at radius 3 is 1.80 bits per heavy atom. The predicted octanol–water partition coefficient (Wildman–Crippen LogP) is 9.27. The molecule has 0 aromatic rings. The fraction of sp³-hybridized carbons (Fsp3) is 0.875.